The average Bonchev–Trinajstić information content (AvgIpc) is 2.38. The molecule has 0 aliphatic heterocycles. The summed E-state index contributed by atoms with van der Waals surface area (Å²) in [5.41, 5.74) is -0.601. The van der Waals surface area contributed by atoms with Gasteiger partial charge < -0.3 is 4.74 Å². The lowest BCUT2D eigenvalue weighted by atomic mass is 10.0. The molecule has 0 N–H and O–H groups in total. The van der Waals surface area contributed by atoms with Gasteiger partial charge in [0.05, 0.1) is 12.7 Å². The minimum atomic E-state index is -4.72. The Morgan fingerprint density at radius 2 is 1.74 bits per heavy atom. The Bertz CT molecular complexity index is 578. The van der Waals surface area contributed by atoms with Gasteiger partial charge in [-0.05, 0) is 23.8 Å². The van der Waals surface area contributed by atoms with E-state index in [-0.39, 0.29) is 5.56 Å². The summed E-state index contributed by atoms with van der Waals surface area (Å²) >= 11 is 0. The van der Waals surface area contributed by atoms with Gasteiger partial charge in [0.1, 0.15) is 5.82 Å². The Labute approximate surface area is 106 Å². The highest BCUT2D eigenvalue weighted by atomic mass is 19.4. The number of ether oxygens (including phenoxy) is 1. The highest BCUT2D eigenvalue weighted by Crippen LogP contribution is 2.34. The summed E-state index contributed by atoms with van der Waals surface area (Å²) in [6.45, 7) is 0. The number of hydrogen-bond acceptors (Lipinski definition) is 2. The number of halogens is 4. The lowest BCUT2D eigenvalue weighted by Crippen LogP contribution is -2.08. The summed E-state index contributed by atoms with van der Waals surface area (Å²) < 4.78 is 55.8. The first-order chi connectivity index (χ1) is 8.91. The van der Waals surface area contributed by atoms with Crippen LogP contribution >= 0.6 is 0 Å². The number of rotatable bonds is 2. The fourth-order valence-electron chi connectivity index (χ4n) is 1.59. The van der Waals surface area contributed by atoms with Crippen LogP contribution in [0, 0.1) is 5.82 Å². The summed E-state index contributed by atoms with van der Waals surface area (Å²) in [6.07, 6.45) is -3.35. The van der Waals surface area contributed by atoms with E-state index < -0.39 is 17.6 Å². The van der Waals surface area contributed by atoms with Crippen molar-refractivity contribution in [3.8, 4) is 17.0 Å². The maximum atomic E-state index is 13.1. The summed E-state index contributed by atoms with van der Waals surface area (Å²) in [5.74, 6) is -0.945. The van der Waals surface area contributed by atoms with E-state index in [1.54, 1.807) is 6.07 Å². The predicted molar refractivity (Wildman–Crippen MR) is 61.2 cm³/mol. The molecular formula is C13H9F4NO. The van der Waals surface area contributed by atoms with Gasteiger partial charge in [-0.1, -0.05) is 6.07 Å². The van der Waals surface area contributed by atoms with Crippen molar-refractivity contribution in [3.63, 3.8) is 0 Å². The predicted octanol–water partition coefficient (Wildman–Crippen LogP) is 3.92. The van der Waals surface area contributed by atoms with Crippen molar-refractivity contribution in [2.75, 3.05) is 7.11 Å². The van der Waals surface area contributed by atoms with Crippen molar-refractivity contribution in [3.05, 3.63) is 47.9 Å². The standard InChI is InChI=1S/C13H9F4NO/c1-19-12-5-3-9(7-18-12)8-2-4-11(14)10(6-8)13(15,16)17/h2-7H,1H3. The normalized spacial score (nSPS) is 11.4. The number of nitrogens with zero attached hydrogens (tertiary/aromatic N) is 1. The first kappa shape index (κ1) is 13.3. The topological polar surface area (TPSA) is 22.1 Å². The molecule has 2 rings (SSSR count). The molecule has 0 saturated carbocycles. The van der Waals surface area contributed by atoms with Gasteiger partial charge >= 0.3 is 6.18 Å². The molecule has 1 heterocycles. The van der Waals surface area contributed by atoms with Crippen LogP contribution in [0.4, 0.5) is 17.6 Å². The lowest BCUT2D eigenvalue weighted by molar-refractivity contribution is -0.139. The molecule has 0 spiro atoms. The van der Waals surface area contributed by atoms with Crippen molar-refractivity contribution in [1.82, 2.24) is 4.98 Å². The quantitative estimate of drug-likeness (QED) is 0.772. The second kappa shape index (κ2) is 4.87. The van der Waals surface area contributed by atoms with E-state index in [1.165, 1.54) is 25.4 Å². The van der Waals surface area contributed by atoms with Gasteiger partial charge in [-0.15, -0.1) is 0 Å². The summed E-state index contributed by atoms with van der Waals surface area (Å²) in [7, 11) is 1.43. The maximum absolute atomic E-state index is 13.1. The first-order valence-electron chi connectivity index (χ1n) is 5.29. The molecule has 2 aromatic rings. The van der Waals surface area contributed by atoms with Crippen LogP contribution in [-0.4, -0.2) is 12.1 Å². The van der Waals surface area contributed by atoms with Crippen LogP contribution in [0.3, 0.4) is 0 Å². The fraction of sp³-hybridized carbons (Fsp3) is 0.154. The summed E-state index contributed by atoms with van der Waals surface area (Å²) in [5, 5.41) is 0. The third-order valence-corrected chi connectivity index (χ3v) is 2.55. The number of hydrogen-bond donors (Lipinski definition) is 0. The molecular weight excluding hydrogens is 262 g/mol. The van der Waals surface area contributed by atoms with Gasteiger partial charge in [0.2, 0.25) is 5.88 Å². The monoisotopic (exact) mass is 271 g/mol. The Morgan fingerprint density at radius 3 is 2.26 bits per heavy atom. The number of alkyl halides is 3. The molecule has 0 unspecified atom stereocenters. The molecule has 0 fully saturated rings. The van der Waals surface area contributed by atoms with Gasteiger partial charge in [-0.3, -0.25) is 0 Å². The molecule has 0 saturated heterocycles. The fourth-order valence-corrected chi connectivity index (χ4v) is 1.59. The van der Waals surface area contributed by atoms with Crippen molar-refractivity contribution in [1.29, 1.82) is 0 Å². The SMILES string of the molecule is COc1ccc(-c2ccc(F)c(C(F)(F)F)c2)cn1. The molecule has 19 heavy (non-hydrogen) atoms. The zero-order chi connectivity index (χ0) is 14.0. The Balaban J connectivity index is 2.45. The average molecular weight is 271 g/mol. The third-order valence-electron chi connectivity index (χ3n) is 2.55. The van der Waals surface area contributed by atoms with Crippen LogP contribution in [-0.2, 0) is 6.18 Å². The molecule has 0 aliphatic carbocycles. The zero-order valence-electron chi connectivity index (χ0n) is 9.83. The Morgan fingerprint density at radius 1 is 1.05 bits per heavy atom. The van der Waals surface area contributed by atoms with Crippen LogP contribution in [0.1, 0.15) is 5.56 Å². The van der Waals surface area contributed by atoms with E-state index in [0.29, 0.717) is 11.4 Å². The van der Waals surface area contributed by atoms with Crippen molar-refractivity contribution in [2.45, 2.75) is 6.18 Å². The van der Waals surface area contributed by atoms with E-state index in [9.17, 15) is 17.6 Å². The molecule has 100 valence electrons. The number of methoxy groups -OCH3 is 1. The number of aromatic nitrogens is 1. The number of benzene rings is 1. The Hall–Kier alpha value is -2.11. The first-order valence-corrected chi connectivity index (χ1v) is 5.29. The van der Waals surface area contributed by atoms with E-state index in [0.717, 1.165) is 12.1 Å². The van der Waals surface area contributed by atoms with E-state index in [1.807, 2.05) is 0 Å². The summed E-state index contributed by atoms with van der Waals surface area (Å²) in [4.78, 5) is 3.89. The molecule has 2 nitrogen and oxygen atoms in total. The highest BCUT2D eigenvalue weighted by molar-refractivity contribution is 5.63. The smallest absolute Gasteiger partial charge is 0.419 e. The van der Waals surface area contributed by atoms with Crippen LogP contribution in [0.5, 0.6) is 5.88 Å². The van der Waals surface area contributed by atoms with Crippen molar-refractivity contribution < 1.29 is 22.3 Å². The highest BCUT2D eigenvalue weighted by Gasteiger charge is 2.34. The second-order valence-corrected chi connectivity index (χ2v) is 3.78. The van der Waals surface area contributed by atoms with Crippen LogP contribution in [0.2, 0.25) is 0 Å². The number of pyridine rings is 1. The maximum Gasteiger partial charge on any atom is 0.419 e. The van der Waals surface area contributed by atoms with Crippen LogP contribution in [0.15, 0.2) is 36.5 Å². The van der Waals surface area contributed by atoms with Crippen LogP contribution < -0.4 is 4.74 Å². The van der Waals surface area contributed by atoms with Gasteiger partial charge in [0.25, 0.3) is 0 Å². The Kier molecular flexibility index (Phi) is 3.42. The van der Waals surface area contributed by atoms with E-state index >= 15 is 0 Å². The van der Waals surface area contributed by atoms with Crippen molar-refractivity contribution in [2.24, 2.45) is 0 Å². The molecule has 6 heteroatoms. The molecule has 0 radical (unpaired) electrons. The molecule has 0 atom stereocenters. The van der Waals surface area contributed by atoms with E-state index in [4.69, 9.17) is 4.74 Å². The minimum absolute atomic E-state index is 0.240. The van der Waals surface area contributed by atoms with Gasteiger partial charge in [-0.25, -0.2) is 9.37 Å². The van der Waals surface area contributed by atoms with E-state index in [2.05, 4.69) is 4.98 Å². The zero-order valence-corrected chi connectivity index (χ0v) is 9.83. The molecule has 1 aromatic heterocycles. The summed E-state index contributed by atoms with van der Waals surface area (Å²) in [6, 6.07) is 5.90. The minimum Gasteiger partial charge on any atom is -0.481 e. The third kappa shape index (κ3) is 2.83. The second-order valence-electron chi connectivity index (χ2n) is 3.78. The largest absolute Gasteiger partial charge is 0.481 e. The molecule has 1 aromatic carbocycles. The van der Waals surface area contributed by atoms with Gasteiger partial charge in [-0.2, -0.15) is 13.2 Å². The van der Waals surface area contributed by atoms with Gasteiger partial charge in [0, 0.05) is 17.8 Å². The van der Waals surface area contributed by atoms with Crippen molar-refractivity contribution >= 4 is 0 Å². The molecule has 0 amide bonds. The van der Waals surface area contributed by atoms with Gasteiger partial charge in [0.15, 0.2) is 0 Å². The lowest BCUT2D eigenvalue weighted by Gasteiger charge is -2.10. The van der Waals surface area contributed by atoms with Crippen LogP contribution in [0.25, 0.3) is 11.1 Å². The molecule has 0 bridgehead atoms. The molecule has 0 aliphatic rings.